The van der Waals surface area contributed by atoms with E-state index < -0.39 is 35.1 Å². The predicted molar refractivity (Wildman–Crippen MR) is 114 cm³/mol. The SMILES string of the molecule is CC(C)(C)NC(=O)[C@H](c1cccnc1)N(C(=O)[C@@H]1CSC(=O)C1)c1cccc(F)c1. The topological polar surface area (TPSA) is 79.4 Å². The minimum Gasteiger partial charge on any atom is -0.349 e. The average Bonchev–Trinajstić information content (AvgIpc) is 3.11. The Labute approximate surface area is 179 Å². The second kappa shape index (κ2) is 8.95. The summed E-state index contributed by atoms with van der Waals surface area (Å²) in [6.07, 6.45) is 3.18. The Morgan fingerprint density at radius 1 is 1.27 bits per heavy atom. The van der Waals surface area contributed by atoms with Gasteiger partial charge in [0.1, 0.15) is 11.9 Å². The molecule has 158 valence electrons. The number of halogens is 1. The van der Waals surface area contributed by atoms with Gasteiger partial charge in [0.05, 0.1) is 5.92 Å². The van der Waals surface area contributed by atoms with Crippen molar-refractivity contribution in [2.24, 2.45) is 5.92 Å². The lowest BCUT2D eigenvalue weighted by Crippen LogP contribution is -2.50. The summed E-state index contributed by atoms with van der Waals surface area (Å²) >= 11 is 1.10. The lowest BCUT2D eigenvalue weighted by atomic mass is 9.99. The Kier molecular flexibility index (Phi) is 6.55. The Morgan fingerprint density at radius 2 is 2.03 bits per heavy atom. The lowest BCUT2D eigenvalue weighted by molar-refractivity contribution is -0.129. The van der Waals surface area contributed by atoms with Gasteiger partial charge >= 0.3 is 0 Å². The van der Waals surface area contributed by atoms with E-state index in [9.17, 15) is 18.8 Å². The number of benzene rings is 1. The van der Waals surface area contributed by atoms with E-state index in [2.05, 4.69) is 10.3 Å². The van der Waals surface area contributed by atoms with Crippen LogP contribution >= 0.6 is 11.8 Å². The van der Waals surface area contributed by atoms with Gasteiger partial charge in [-0.3, -0.25) is 24.3 Å². The number of hydrogen-bond acceptors (Lipinski definition) is 5. The first kappa shape index (κ1) is 22.0. The first-order valence-electron chi connectivity index (χ1n) is 9.62. The zero-order chi connectivity index (χ0) is 21.9. The van der Waals surface area contributed by atoms with E-state index in [1.165, 1.54) is 29.3 Å². The second-order valence-corrected chi connectivity index (χ2v) is 9.28. The molecule has 2 heterocycles. The molecule has 6 nitrogen and oxygen atoms in total. The summed E-state index contributed by atoms with van der Waals surface area (Å²) in [6.45, 7) is 5.52. The normalized spacial score (nSPS) is 17.5. The van der Waals surface area contributed by atoms with Crippen molar-refractivity contribution in [1.29, 1.82) is 0 Å². The van der Waals surface area contributed by atoms with Gasteiger partial charge in [-0.25, -0.2) is 4.39 Å². The number of anilines is 1. The molecule has 0 aliphatic carbocycles. The molecule has 0 radical (unpaired) electrons. The van der Waals surface area contributed by atoms with E-state index in [0.29, 0.717) is 11.3 Å². The van der Waals surface area contributed by atoms with Crippen LogP contribution in [0.5, 0.6) is 0 Å². The third-order valence-corrected chi connectivity index (χ3v) is 5.59. The molecule has 3 rings (SSSR count). The number of pyridine rings is 1. The largest absolute Gasteiger partial charge is 0.349 e. The predicted octanol–water partition coefficient (Wildman–Crippen LogP) is 3.49. The summed E-state index contributed by atoms with van der Waals surface area (Å²) in [7, 11) is 0. The summed E-state index contributed by atoms with van der Waals surface area (Å²) in [5.74, 6) is -1.57. The third-order valence-electron chi connectivity index (χ3n) is 4.54. The minimum absolute atomic E-state index is 0.0652. The Bertz CT molecular complexity index is 946. The number of rotatable bonds is 5. The summed E-state index contributed by atoms with van der Waals surface area (Å²) in [5, 5.41) is 2.85. The summed E-state index contributed by atoms with van der Waals surface area (Å²) in [4.78, 5) is 44.0. The van der Waals surface area contributed by atoms with Crippen molar-refractivity contribution in [2.45, 2.75) is 38.8 Å². The molecule has 0 saturated carbocycles. The van der Waals surface area contributed by atoms with Crippen LogP contribution < -0.4 is 10.2 Å². The molecule has 1 saturated heterocycles. The molecule has 30 heavy (non-hydrogen) atoms. The molecule has 1 aromatic heterocycles. The fourth-order valence-corrected chi connectivity index (χ4v) is 4.26. The van der Waals surface area contributed by atoms with Gasteiger partial charge in [0.25, 0.3) is 0 Å². The average molecular weight is 430 g/mol. The van der Waals surface area contributed by atoms with Gasteiger partial charge < -0.3 is 5.32 Å². The number of thioether (sulfide) groups is 1. The van der Waals surface area contributed by atoms with E-state index in [-0.39, 0.29) is 17.2 Å². The van der Waals surface area contributed by atoms with E-state index in [1.54, 1.807) is 24.4 Å². The zero-order valence-corrected chi connectivity index (χ0v) is 17.9. The van der Waals surface area contributed by atoms with Crippen LogP contribution in [-0.2, 0) is 14.4 Å². The molecule has 2 aromatic rings. The minimum atomic E-state index is -1.06. The van der Waals surface area contributed by atoms with Crippen LogP contribution in [0.1, 0.15) is 38.8 Å². The quantitative estimate of drug-likeness (QED) is 0.787. The maximum Gasteiger partial charge on any atom is 0.248 e. The van der Waals surface area contributed by atoms with Crippen LogP contribution in [0.2, 0.25) is 0 Å². The van der Waals surface area contributed by atoms with Gasteiger partial charge in [-0.2, -0.15) is 0 Å². The van der Waals surface area contributed by atoms with Gasteiger partial charge in [0, 0.05) is 41.4 Å². The number of aromatic nitrogens is 1. The van der Waals surface area contributed by atoms with Crippen LogP contribution in [0.25, 0.3) is 0 Å². The molecule has 0 spiro atoms. The highest BCUT2D eigenvalue weighted by molar-refractivity contribution is 8.14. The van der Waals surface area contributed by atoms with Gasteiger partial charge in [-0.05, 0) is 45.0 Å². The Hall–Kier alpha value is -2.74. The highest BCUT2D eigenvalue weighted by Gasteiger charge is 2.40. The van der Waals surface area contributed by atoms with Gasteiger partial charge in [0.15, 0.2) is 5.12 Å². The summed E-state index contributed by atoms with van der Waals surface area (Å²) in [6, 6.07) is 7.88. The highest BCUT2D eigenvalue weighted by atomic mass is 32.2. The van der Waals surface area contributed by atoms with Crippen LogP contribution in [-0.4, -0.2) is 33.2 Å². The fraction of sp³-hybridized carbons (Fsp3) is 0.364. The maximum absolute atomic E-state index is 14.1. The molecule has 8 heteroatoms. The molecule has 2 atom stereocenters. The molecular weight excluding hydrogens is 405 g/mol. The fourth-order valence-electron chi connectivity index (χ4n) is 3.29. The number of carbonyl (C=O) groups is 3. The Morgan fingerprint density at radius 3 is 2.60 bits per heavy atom. The number of nitrogens with zero attached hydrogens (tertiary/aromatic N) is 2. The van der Waals surface area contributed by atoms with Crippen LogP contribution in [0.4, 0.5) is 10.1 Å². The van der Waals surface area contributed by atoms with Crippen molar-refractivity contribution in [3.8, 4) is 0 Å². The van der Waals surface area contributed by atoms with E-state index in [4.69, 9.17) is 0 Å². The van der Waals surface area contributed by atoms with Crippen LogP contribution in [0.3, 0.4) is 0 Å². The third kappa shape index (κ3) is 5.24. The summed E-state index contributed by atoms with van der Waals surface area (Å²) in [5.41, 5.74) is 0.198. The van der Waals surface area contributed by atoms with Crippen molar-refractivity contribution >= 4 is 34.4 Å². The number of amides is 2. The van der Waals surface area contributed by atoms with Crippen molar-refractivity contribution in [3.63, 3.8) is 0 Å². The lowest BCUT2D eigenvalue weighted by Gasteiger charge is -2.34. The molecule has 1 N–H and O–H groups in total. The van der Waals surface area contributed by atoms with Crippen LogP contribution in [0.15, 0.2) is 48.8 Å². The molecule has 1 fully saturated rings. The number of carbonyl (C=O) groups excluding carboxylic acids is 3. The first-order valence-corrected chi connectivity index (χ1v) is 10.6. The standard InChI is InChI=1S/C22H24FN3O3S/c1-22(2,3)25-20(28)19(14-6-5-9-24-12-14)26(17-8-4-7-16(23)11-17)21(29)15-10-18(27)30-13-15/h4-9,11-12,15,19H,10,13H2,1-3H3,(H,25,28)/t15-,19-/m0/s1. The van der Waals surface area contributed by atoms with Crippen molar-refractivity contribution in [1.82, 2.24) is 10.3 Å². The smallest absolute Gasteiger partial charge is 0.248 e. The molecule has 0 unspecified atom stereocenters. The molecule has 1 aromatic carbocycles. The number of nitrogens with one attached hydrogen (secondary N) is 1. The highest BCUT2D eigenvalue weighted by Crippen LogP contribution is 2.34. The summed E-state index contributed by atoms with van der Waals surface area (Å²) < 4.78 is 14.1. The number of hydrogen-bond donors (Lipinski definition) is 1. The Balaban J connectivity index is 2.11. The monoisotopic (exact) mass is 429 g/mol. The maximum atomic E-state index is 14.1. The first-order chi connectivity index (χ1) is 14.2. The van der Waals surface area contributed by atoms with Crippen molar-refractivity contribution in [3.05, 3.63) is 60.2 Å². The van der Waals surface area contributed by atoms with E-state index in [0.717, 1.165) is 11.8 Å². The molecule has 1 aliphatic heterocycles. The van der Waals surface area contributed by atoms with Gasteiger partial charge in [-0.15, -0.1) is 0 Å². The van der Waals surface area contributed by atoms with Gasteiger partial charge in [0.2, 0.25) is 11.8 Å². The van der Waals surface area contributed by atoms with Crippen LogP contribution in [0, 0.1) is 11.7 Å². The molecular formula is C22H24FN3O3S. The zero-order valence-electron chi connectivity index (χ0n) is 17.1. The molecule has 2 amide bonds. The van der Waals surface area contributed by atoms with Crippen molar-refractivity contribution < 1.29 is 18.8 Å². The molecule has 1 aliphatic rings. The van der Waals surface area contributed by atoms with Gasteiger partial charge in [-0.1, -0.05) is 23.9 Å². The van der Waals surface area contributed by atoms with Crippen molar-refractivity contribution in [2.75, 3.05) is 10.7 Å². The second-order valence-electron chi connectivity index (χ2n) is 8.20. The molecule has 0 bridgehead atoms. The van der Waals surface area contributed by atoms with E-state index >= 15 is 0 Å². The van der Waals surface area contributed by atoms with E-state index in [1.807, 2.05) is 20.8 Å².